The molecule has 0 N–H and O–H groups in total. The summed E-state index contributed by atoms with van der Waals surface area (Å²) in [5.41, 5.74) is 2.01. The summed E-state index contributed by atoms with van der Waals surface area (Å²) in [4.78, 5) is 17.3. The van der Waals surface area contributed by atoms with Crippen molar-refractivity contribution in [3.63, 3.8) is 0 Å². The van der Waals surface area contributed by atoms with Gasteiger partial charge in [-0.15, -0.1) is 0 Å². The molecule has 0 aliphatic heterocycles. The Balaban J connectivity index is 1.92. The third kappa shape index (κ3) is 2.15. The summed E-state index contributed by atoms with van der Waals surface area (Å²) in [5, 5.41) is 0. The zero-order chi connectivity index (χ0) is 14.2. The second-order valence-corrected chi connectivity index (χ2v) is 6.13. The molecule has 0 amide bonds. The maximum absolute atomic E-state index is 12.6. The smallest absolute Gasteiger partial charge is 0.146 e. The minimum absolute atomic E-state index is 0.114. The predicted molar refractivity (Wildman–Crippen MR) is 80.7 cm³/mol. The molecule has 106 valence electrons. The fraction of sp³-hybridized carbons (Fsp3) is 0.529. The van der Waals surface area contributed by atoms with Crippen molar-refractivity contribution in [2.75, 3.05) is 0 Å². The van der Waals surface area contributed by atoms with Crippen molar-refractivity contribution < 1.29 is 4.79 Å². The summed E-state index contributed by atoms with van der Waals surface area (Å²) in [6, 6.07) is 8.13. The number of hydrogen-bond acceptors (Lipinski definition) is 2. The van der Waals surface area contributed by atoms with Crippen LogP contribution in [-0.2, 0) is 17.8 Å². The minimum Gasteiger partial charge on any atom is -0.328 e. The van der Waals surface area contributed by atoms with Crippen molar-refractivity contribution >= 4 is 16.8 Å². The topological polar surface area (TPSA) is 34.9 Å². The van der Waals surface area contributed by atoms with Crippen molar-refractivity contribution in [3.05, 3.63) is 30.1 Å². The number of Topliss-reactive ketones (excluding diaryl/α,β-unsaturated/α-hetero) is 1. The molecule has 1 aromatic carbocycles. The number of aromatic nitrogens is 2. The number of rotatable bonds is 4. The lowest BCUT2D eigenvalue weighted by Gasteiger charge is -2.21. The molecule has 1 heterocycles. The SMILES string of the molecule is CCn1c(CC(=O)C2(C)CCCC2)nc2ccccc21. The number of nitrogens with zero attached hydrogens (tertiary/aromatic N) is 2. The molecule has 0 bridgehead atoms. The van der Waals surface area contributed by atoms with Gasteiger partial charge in [-0.2, -0.15) is 0 Å². The van der Waals surface area contributed by atoms with E-state index >= 15 is 0 Å². The highest BCUT2D eigenvalue weighted by molar-refractivity contribution is 5.87. The summed E-state index contributed by atoms with van der Waals surface area (Å²) in [5.74, 6) is 1.28. The van der Waals surface area contributed by atoms with E-state index in [0.29, 0.717) is 12.2 Å². The van der Waals surface area contributed by atoms with Gasteiger partial charge in [-0.05, 0) is 31.9 Å². The Morgan fingerprint density at radius 1 is 1.30 bits per heavy atom. The van der Waals surface area contributed by atoms with E-state index in [0.717, 1.165) is 36.2 Å². The van der Waals surface area contributed by atoms with Crippen LogP contribution in [0.15, 0.2) is 24.3 Å². The molecule has 1 aliphatic carbocycles. The van der Waals surface area contributed by atoms with E-state index < -0.39 is 0 Å². The zero-order valence-corrected chi connectivity index (χ0v) is 12.4. The van der Waals surface area contributed by atoms with Crippen LogP contribution in [0, 0.1) is 5.41 Å². The third-order valence-electron chi connectivity index (χ3n) is 4.75. The highest BCUT2D eigenvalue weighted by Gasteiger charge is 2.36. The number of benzene rings is 1. The van der Waals surface area contributed by atoms with Crippen LogP contribution >= 0.6 is 0 Å². The molecule has 1 aliphatic rings. The number of fused-ring (bicyclic) bond motifs is 1. The molecule has 3 rings (SSSR count). The highest BCUT2D eigenvalue weighted by Crippen LogP contribution is 2.39. The first kappa shape index (κ1) is 13.3. The Kier molecular flexibility index (Phi) is 3.36. The molecular weight excluding hydrogens is 248 g/mol. The van der Waals surface area contributed by atoms with Crippen molar-refractivity contribution in [2.24, 2.45) is 5.41 Å². The van der Waals surface area contributed by atoms with Gasteiger partial charge in [0.1, 0.15) is 11.6 Å². The summed E-state index contributed by atoms with van der Waals surface area (Å²) in [7, 11) is 0. The van der Waals surface area contributed by atoms with Gasteiger partial charge in [-0.25, -0.2) is 4.98 Å². The Morgan fingerprint density at radius 3 is 2.70 bits per heavy atom. The van der Waals surface area contributed by atoms with E-state index in [1.165, 1.54) is 12.8 Å². The van der Waals surface area contributed by atoms with Crippen LogP contribution in [0.25, 0.3) is 11.0 Å². The van der Waals surface area contributed by atoms with Crippen LogP contribution < -0.4 is 0 Å². The van der Waals surface area contributed by atoms with Gasteiger partial charge in [-0.1, -0.05) is 31.9 Å². The molecule has 0 saturated heterocycles. The number of aryl methyl sites for hydroxylation is 1. The molecule has 1 saturated carbocycles. The van der Waals surface area contributed by atoms with Crippen LogP contribution in [0.3, 0.4) is 0 Å². The molecule has 0 radical (unpaired) electrons. The standard InChI is InChI=1S/C17H22N2O/c1-3-19-14-9-5-4-8-13(14)18-16(19)12-15(20)17(2)10-6-7-11-17/h4-5,8-9H,3,6-7,10-12H2,1-2H3. The Morgan fingerprint density at radius 2 is 2.00 bits per heavy atom. The van der Waals surface area contributed by atoms with Crippen LogP contribution in [0.5, 0.6) is 0 Å². The number of ketones is 1. The Labute approximate surface area is 120 Å². The molecule has 2 aromatic rings. The second-order valence-electron chi connectivity index (χ2n) is 6.13. The number of para-hydroxylation sites is 2. The predicted octanol–water partition coefficient (Wildman–Crippen LogP) is 3.75. The summed E-state index contributed by atoms with van der Waals surface area (Å²) < 4.78 is 2.17. The molecule has 0 spiro atoms. The van der Waals surface area contributed by atoms with Gasteiger partial charge in [0, 0.05) is 12.0 Å². The van der Waals surface area contributed by atoms with Crippen molar-refractivity contribution in [1.29, 1.82) is 0 Å². The molecule has 0 atom stereocenters. The number of hydrogen-bond donors (Lipinski definition) is 0. The lowest BCUT2D eigenvalue weighted by Crippen LogP contribution is -2.27. The van der Waals surface area contributed by atoms with Crippen LogP contribution in [0.1, 0.15) is 45.4 Å². The maximum Gasteiger partial charge on any atom is 0.146 e. The van der Waals surface area contributed by atoms with Crippen LogP contribution in [0.2, 0.25) is 0 Å². The lowest BCUT2D eigenvalue weighted by atomic mass is 9.82. The van der Waals surface area contributed by atoms with Gasteiger partial charge in [0.25, 0.3) is 0 Å². The van der Waals surface area contributed by atoms with Crippen molar-refractivity contribution in [3.8, 4) is 0 Å². The van der Waals surface area contributed by atoms with Gasteiger partial charge >= 0.3 is 0 Å². The average Bonchev–Trinajstić information content (AvgIpc) is 3.03. The van der Waals surface area contributed by atoms with Crippen molar-refractivity contribution in [2.45, 2.75) is 52.5 Å². The summed E-state index contributed by atoms with van der Waals surface area (Å²) >= 11 is 0. The zero-order valence-electron chi connectivity index (χ0n) is 12.4. The molecule has 1 aromatic heterocycles. The Hall–Kier alpha value is -1.64. The minimum atomic E-state index is -0.114. The maximum atomic E-state index is 12.6. The molecule has 1 fully saturated rings. The van der Waals surface area contributed by atoms with E-state index in [4.69, 9.17) is 0 Å². The molecular formula is C17H22N2O. The van der Waals surface area contributed by atoms with Gasteiger partial charge in [0.05, 0.1) is 17.5 Å². The largest absolute Gasteiger partial charge is 0.328 e. The van der Waals surface area contributed by atoms with Crippen LogP contribution in [0.4, 0.5) is 0 Å². The van der Waals surface area contributed by atoms with E-state index in [2.05, 4.69) is 29.5 Å². The van der Waals surface area contributed by atoms with Gasteiger partial charge in [-0.3, -0.25) is 4.79 Å². The average molecular weight is 270 g/mol. The Bertz CT molecular complexity index is 635. The third-order valence-corrected chi connectivity index (χ3v) is 4.75. The number of carbonyl (C=O) groups excluding carboxylic acids is 1. The van der Waals surface area contributed by atoms with Gasteiger partial charge in [0.15, 0.2) is 0 Å². The van der Waals surface area contributed by atoms with Gasteiger partial charge in [0.2, 0.25) is 0 Å². The highest BCUT2D eigenvalue weighted by atomic mass is 16.1. The first-order chi connectivity index (χ1) is 9.64. The second kappa shape index (κ2) is 5.04. The fourth-order valence-corrected chi connectivity index (χ4v) is 3.40. The van der Waals surface area contributed by atoms with E-state index in [1.807, 2.05) is 18.2 Å². The normalized spacial score (nSPS) is 17.7. The van der Waals surface area contributed by atoms with Crippen LogP contribution in [-0.4, -0.2) is 15.3 Å². The van der Waals surface area contributed by atoms with E-state index in [9.17, 15) is 4.79 Å². The first-order valence-corrected chi connectivity index (χ1v) is 7.61. The molecule has 0 unspecified atom stereocenters. The quantitative estimate of drug-likeness (QED) is 0.848. The van der Waals surface area contributed by atoms with E-state index in [-0.39, 0.29) is 5.41 Å². The molecule has 20 heavy (non-hydrogen) atoms. The van der Waals surface area contributed by atoms with Gasteiger partial charge < -0.3 is 4.57 Å². The number of imidazole rings is 1. The lowest BCUT2D eigenvalue weighted by molar-refractivity contribution is -0.127. The summed E-state index contributed by atoms with van der Waals surface area (Å²) in [6.07, 6.45) is 4.92. The number of carbonyl (C=O) groups is 1. The molecule has 3 nitrogen and oxygen atoms in total. The van der Waals surface area contributed by atoms with Crippen molar-refractivity contribution in [1.82, 2.24) is 9.55 Å². The molecule has 3 heteroatoms. The monoisotopic (exact) mass is 270 g/mol. The summed E-state index contributed by atoms with van der Waals surface area (Å²) in [6.45, 7) is 5.10. The van der Waals surface area contributed by atoms with E-state index in [1.54, 1.807) is 0 Å². The first-order valence-electron chi connectivity index (χ1n) is 7.61. The fourth-order valence-electron chi connectivity index (χ4n) is 3.40.